The number of amides is 2. The predicted molar refractivity (Wildman–Crippen MR) is 95.1 cm³/mol. The molecule has 1 aromatic carbocycles. The standard InChI is InChI=1S/C19H27N3O/c1-6-14(3)21-19(23)20-12-17-11-15(4)22(16(17)5)18-9-7-13(2)8-10-18/h7-11,14H,6,12H2,1-5H3,(H2,20,21,23). The van der Waals surface area contributed by atoms with Crippen LogP contribution in [0, 0.1) is 20.8 Å². The summed E-state index contributed by atoms with van der Waals surface area (Å²) in [4.78, 5) is 11.9. The van der Waals surface area contributed by atoms with E-state index in [0.717, 1.165) is 23.4 Å². The maximum atomic E-state index is 11.9. The van der Waals surface area contributed by atoms with Gasteiger partial charge in [0.15, 0.2) is 0 Å². The van der Waals surface area contributed by atoms with Crippen LogP contribution in [0.4, 0.5) is 4.79 Å². The number of carbonyl (C=O) groups excluding carboxylic acids is 1. The molecule has 124 valence electrons. The van der Waals surface area contributed by atoms with Crippen molar-refractivity contribution < 1.29 is 4.79 Å². The van der Waals surface area contributed by atoms with Gasteiger partial charge in [0.05, 0.1) is 0 Å². The van der Waals surface area contributed by atoms with E-state index < -0.39 is 0 Å². The Balaban J connectivity index is 2.12. The Hall–Kier alpha value is -2.23. The van der Waals surface area contributed by atoms with Gasteiger partial charge in [-0.05, 0) is 57.9 Å². The first-order chi connectivity index (χ1) is 10.9. The summed E-state index contributed by atoms with van der Waals surface area (Å²) in [6, 6.07) is 10.7. The van der Waals surface area contributed by atoms with Gasteiger partial charge in [0.25, 0.3) is 0 Å². The van der Waals surface area contributed by atoms with Gasteiger partial charge in [-0.2, -0.15) is 0 Å². The minimum absolute atomic E-state index is 0.112. The van der Waals surface area contributed by atoms with E-state index in [9.17, 15) is 4.79 Å². The van der Waals surface area contributed by atoms with E-state index >= 15 is 0 Å². The van der Waals surface area contributed by atoms with Gasteiger partial charge >= 0.3 is 6.03 Å². The summed E-state index contributed by atoms with van der Waals surface area (Å²) in [5.74, 6) is 0. The average Bonchev–Trinajstić information content (AvgIpc) is 2.80. The van der Waals surface area contributed by atoms with E-state index in [1.165, 1.54) is 11.3 Å². The number of hydrogen-bond donors (Lipinski definition) is 2. The molecule has 23 heavy (non-hydrogen) atoms. The zero-order valence-corrected chi connectivity index (χ0v) is 14.7. The van der Waals surface area contributed by atoms with Crippen LogP contribution < -0.4 is 10.6 Å². The molecule has 2 N–H and O–H groups in total. The number of rotatable bonds is 5. The van der Waals surface area contributed by atoms with Crippen molar-refractivity contribution in [2.24, 2.45) is 0 Å². The Kier molecular flexibility index (Phi) is 5.48. The fourth-order valence-corrected chi connectivity index (χ4v) is 2.65. The van der Waals surface area contributed by atoms with Crippen molar-refractivity contribution in [1.82, 2.24) is 15.2 Å². The summed E-state index contributed by atoms with van der Waals surface area (Å²) in [7, 11) is 0. The Morgan fingerprint density at radius 2 is 1.83 bits per heavy atom. The molecular weight excluding hydrogens is 286 g/mol. The molecule has 0 aliphatic carbocycles. The summed E-state index contributed by atoms with van der Waals surface area (Å²) in [6.45, 7) is 10.9. The first-order valence-corrected chi connectivity index (χ1v) is 8.21. The third kappa shape index (κ3) is 4.15. The summed E-state index contributed by atoms with van der Waals surface area (Å²) in [5.41, 5.74) is 5.88. The Morgan fingerprint density at radius 3 is 2.43 bits per heavy atom. The molecule has 0 radical (unpaired) electrons. The molecule has 1 atom stereocenters. The molecule has 1 heterocycles. The number of urea groups is 1. The number of nitrogens with one attached hydrogen (secondary N) is 2. The van der Waals surface area contributed by atoms with Crippen LogP contribution in [0.15, 0.2) is 30.3 Å². The minimum Gasteiger partial charge on any atom is -0.336 e. The van der Waals surface area contributed by atoms with Crippen LogP contribution in [0.5, 0.6) is 0 Å². The topological polar surface area (TPSA) is 46.1 Å². The van der Waals surface area contributed by atoms with Crippen LogP contribution in [0.1, 0.15) is 42.8 Å². The van der Waals surface area contributed by atoms with Crippen molar-refractivity contribution in [3.05, 3.63) is 52.8 Å². The van der Waals surface area contributed by atoms with Crippen molar-refractivity contribution in [2.45, 2.75) is 53.6 Å². The molecule has 0 saturated heterocycles. The molecule has 1 unspecified atom stereocenters. The van der Waals surface area contributed by atoms with Gasteiger partial charge < -0.3 is 15.2 Å². The molecule has 4 heteroatoms. The smallest absolute Gasteiger partial charge is 0.315 e. The van der Waals surface area contributed by atoms with Crippen molar-refractivity contribution in [3.8, 4) is 5.69 Å². The highest BCUT2D eigenvalue weighted by molar-refractivity contribution is 5.74. The maximum Gasteiger partial charge on any atom is 0.315 e. The summed E-state index contributed by atoms with van der Waals surface area (Å²) < 4.78 is 2.23. The zero-order chi connectivity index (χ0) is 17.0. The molecule has 2 rings (SSSR count). The molecule has 0 saturated carbocycles. The second-order valence-corrected chi connectivity index (χ2v) is 6.20. The average molecular weight is 313 g/mol. The highest BCUT2D eigenvalue weighted by Crippen LogP contribution is 2.21. The van der Waals surface area contributed by atoms with Crippen LogP contribution in [-0.4, -0.2) is 16.6 Å². The highest BCUT2D eigenvalue weighted by Gasteiger charge is 2.12. The quantitative estimate of drug-likeness (QED) is 0.861. The van der Waals surface area contributed by atoms with E-state index in [-0.39, 0.29) is 12.1 Å². The third-order valence-corrected chi connectivity index (χ3v) is 4.26. The Morgan fingerprint density at radius 1 is 1.17 bits per heavy atom. The largest absolute Gasteiger partial charge is 0.336 e. The molecule has 0 fully saturated rings. The summed E-state index contributed by atoms with van der Waals surface area (Å²) in [5, 5.41) is 5.86. The van der Waals surface area contributed by atoms with E-state index in [2.05, 4.69) is 73.2 Å². The van der Waals surface area contributed by atoms with E-state index in [1.54, 1.807) is 0 Å². The van der Waals surface area contributed by atoms with Crippen molar-refractivity contribution >= 4 is 6.03 Å². The van der Waals surface area contributed by atoms with E-state index in [0.29, 0.717) is 6.54 Å². The lowest BCUT2D eigenvalue weighted by molar-refractivity contribution is 0.237. The Labute approximate surface area is 138 Å². The zero-order valence-electron chi connectivity index (χ0n) is 14.7. The number of aromatic nitrogens is 1. The fourth-order valence-electron chi connectivity index (χ4n) is 2.65. The van der Waals surface area contributed by atoms with Crippen molar-refractivity contribution in [2.75, 3.05) is 0 Å². The lowest BCUT2D eigenvalue weighted by Gasteiger charge is -2.13. The lowest BCUT2D eigenvalue weighted by atomic mass is 10.2. The number of aryl methyl sites for hydroxylation is 2. The van der Waals surface area contributed by atoms with Crippen LogP contribution in [0.3, 0.4) is 0 Å². The van der Waals surface area contributed by atoms with Gasteiger partial charge in [0, 0.05) is 29.7 Å². The Bertz CT molecular complexity index is 671. The fraction of sp³-hybridized carbons (Fsp3) is 0.421. The SMILES string of the molecule is CCC(C)NC(=O)NCc1cc(C)n(-c2ccc(C)cc2)c1C. The molecule has 0 spiro atoms. The first-order valence-electron chi connectivity index (χ1n) is 8.21. The van der Waals surface area contributed by atoms with Gasteiger partial charge in [-0.25, -0.2) is 4.79 Å². The van der Waals surface area contributed by atoms with Gasteiger partial charge in [-0.1, -0.05) is 24.6 Å². The molecule has 0 aliphatic rings. The molecule has 4 nitrogen and oxygen atoms in total. The number of hydrogen-bond acceptors (Lipinski definition) is 1. The predicted octanol–water partition coefficient (Wildman–Crippen LogP) is 4.00. The molecule has 0 aliphatic heterocycles. The van der Waals surface area contributed by atoms with Crippen LogP contribution >= 0.6 is 0 Å². The molecule has 1 aromatic heterocycles. The van der Waals surface area contributed by atoms with E-state index in [4.69, 9.17) is 0 Å². The monoisotopic (exact) mass is 313 g/mol. The molecule has 0 bridgehead atoms. The van der Waals surface area contributed by atoms with Gasteiger partial charge in [0.2, 0.25) is 0 Å². The van der Waals surface area contributed by atoms with Crippen LogP contribution in [0.25, 0.3) is 5.69 Å². The molecule has 2 aromatic rings. The normalized spacial score (nSPS) is 12.0. The van der Waals surface area contributed by atoms with Crippen molar-refractivity contribution in [1.29, 1.82) is 0 Å². The highest BCUT2D eigenvalue weighted by atomic mass is 16.2. The van der Waals surface area contributed by atoms with Crippen LogP contribution in [0.2, 0.25) is 0 Å². The van der Waals surface area contributed by atoms with Gasteiger partial charge in [-0.3, -0.25) is 0 Å². The summed E-state index contributed by atoms with van der Waals surface area (Å²) in [6.07, 6.45) is 0.926. The third-order valence-electron chi connectivity index (χ3n) is 4.26. The molecule has 2 amide bonds. The summed E-state index contributed by atoms with van der Waals surface area (Å²) >= 11 is 0. The number of nitrogens with zero attached hydrogens (tertiary/aromatic N) is 1. The maximum absolute atomic E-state index is 11.9. The molecular formula is C19H27N3O. The first kappa shape index (κ1) is 17.1. The lowest BCUT2D eigenvalue weighted by Crippen LogP contribution is -2.40. The number of carbonyl (C=O) groups is 1. The van der Waals surface area contributed by atoms with Crippen LogP contribution in [-0.2, 0) is 6.54 Å². The second-order valence-electron chi connectivity index (χ2n) is 6.20. The minimum atomic E-state index is -0.112. The van der Waals surface area contributed by atoms with E-state index in [1.807, 2.05) is 6.92 Å². The van der Waals surface area contributed by atoms with Gasteiger partial charge in [-0.15, -0.1) is 0 Å². The number of benzene rings is 1. The van der Waals surface area contributed by atoms with Gasteiger partial charge in [0.1, 0.15) is 0 Å². The second kappa shape index (κ2) is 7.36. The van der Waals surface area contributed by atoms with Crippen molar-refractivity contribution in [3.63, 3.8) is 0 Å².